The number of amides is 1. The van der Waals surface area contributed by atoms with E-state index >= 15 is 0 Å². The third-order valence-electron chi connectivity index (χ3n) is 2.77. The predicted molar refractivity (Wildman–Crippen MR) is 76.8 cm³/mol. The fraction of sp³-hybridized carbons (Fsp3) is 0.438. The molecule has 1 aromatic rings. The van der Waals surface area contributed by atoms with Gasteiger partial charge in [0.05, 0.1) is 0 Å². The lowest BCUT2D eigenvalue weighted by molar-refractivity contribution is 0.0953. The molecule has 0 aliphatic rings. The van der Waals surface area contributed by atoms with Gasteiger partial charge in [0.1, 0.15) is 0 Å². The van der Waals surface area contributed by atoms with Gasteiger partial charge in [-0.2, -0.15) is 0 Å². The number of carbonyl (C=O) groups excluding carboxylic acids is 1. The summed E-state index contributed by atoms with van der Waals surface area (Å²) in [5.74, 6) is 0.0209. The minimum absolute atomic E-state index is 0.0209. The van der Waals surface area contributed by atoms with Crippen LogP contribution < -0.4 is 5.32 Å². The molecule has 0 spiro atoms. The fourth-order valence-electron chi connectivity index (χ4n) is 1.63. The van der Waals surface area contributed by atoms with E-state index in [1.807, 2.05) is 31.2 Å². The summed E-state index contributed by atoms with van der Waals surface area (Å²) in [6, 6.07) is 7.66. The Labute approximate surface area is 110 Å². The summed E-state index contributed by atoms with van der Waals surface area (Å²) >= 11 is 0. The first-order chi connectivity index (χ1) is 8.74. The SMILES string of the molecule is CCC/C=C/CCCNC(=O)c1ccc(C)cc1. The van der Waals surface area contributed by atoms with E-state index in [9.17, 15) is 4.79 Å². The summed E-state index contributed by atoms with van der Waals surface area (Å²) in [4.78, 5) is 11.8. The Kier molecular flexibility index (Phi) is 6.85. The third-order valence-corrected chi connectivity index (χ3v) is 2.77. The molecule has 0 aromatic heterocycles. The second-order valence-corrected chi connectivity index (χ2v) is 4.52. The Hall–Kier alpha value is -1.57. The maximum Gasteiger partial charge on any atom is 0.251 e. The van der Waals surface area contributed by atoms with E-state index in [0.717, 1.165) is 31.4 Å². The molecule has 1 rings (SSSR count). The van der Waals surface area contributed by atoms with Crippen LogP contribution in [0.2, 0.25) is 0 Å². The maximum atomic E-state index is 11.8. The molecule has 0 atom stereocenters. The normalized spacial score (nSPS) is 10.8. The smallest absolute Gasteiger partial charge is 0.251 e. The summed E-state index contributed by atoms with van der Waals surface area (Å²) in [6.07, 6.45) is 8.78. The van der Waals surface area contributed by atoms with Crippen LogP contribution in [0.5, 0.6) is 0 Å². The number of nitrogens with one attached hydrogen (secondary N) is 1. The summed E-state index contributed by atoms with van der Waals surface area (Å²) in [5.41, 5.74) is 1.91. The van der Waals surface area contributed by atoms with E-state index in [4.69, 9.17) is 0 Å². The van der Waals surface area contributed by atoms with Crippen LogP contribution >= 0.6 is 0 Å². The molecule has 98 valence electrons. The van der Waals surface area contributed by atoms with Crippen molar-refractivity contribution in [1.82, 2.24) is 5.32 Å². The van der Waals surface area contributed by atoms with Gasteiger partial charge in [0.15, 0.2) is 0 Å². The molecule has 1 aromatic carbocycles. The monoisotopic (exact) mass is 245 g/mol. The number of allylic oxidation sites excluding steroid dienone is 2. The van der Waals surface area contributed by atoms with Crippen molar-refractivity contribution in [2.24, 2.45) is 0 Å². The Morgan fingerprint density at radius 3 is 2.50 bits per heavy atom. The second-order valence-electron chi connectivity index (χ2n) is 4.52. The third kappa shape index (κ3) is 5.67. The highest BCUT2D eigenvalue weighted by atomic mass is 16.1. The Morgan fingerprint density at radius 1 is 1.17 bits per heavy atom. The zero-order valence-electron chi connectivity index (χ0n) is 11.4. The highest BCUT2D eigenvalue weighted by molar-refractivity contribution is 5.94. The molecule has 0 saturated carbocycles. The lowest BCUT2D eigenvalue weighted by Gasteiger charge is -2.04. The van der Waals surface area contributed by atoms with E-state index in [-0.39, 0.29) is 5.91 Å². The molecular formula is C16H23NO. The molecule has 1 amide bonds. The van der Waals surface area contributed by atoms with Crippen LogP contribution in [-0.4, -0.2) is 12.5 Å². The van der Waals surface area contributed by atoms with Crippen molar-refractivity contribution < 1.29 is 4.79 Å². The lowest BCUT2D eigenvalue weighted by atomic mass is 10.1. The van der Waals surface area contributed by atoms with Gasteiger partial charge in [0, 0.05) is 12.1 Å². The van der Waals surface area contributed by atoms with Gasteiger partial charge >= 0.3 is 0 Å². The van der Waals surface area contributed by atoms with Crippen molar-refractivity contribution in [2.75, 3.05) is 6.54 Å². The Morgan fingerprint density at radius 2 is 1.83 bits per heavy atom. The van der Waals surface area contributed by atoms with E-state index in [1.54, 1.807) is 0 Å². The van der Waals surface area contributed by atoms with Crippen molar-refractivity contribution in [3.05, 3.63) is 47.5 Å². The van der Waals surface area contributed by atoms with Crippen molar-refractivity contribution in [1.29, 1.82) is 0 Å². The maximum absolute atomic E-state index is 11.8. The van der Waals surface area contributed by atoms with Gasteiger partial charge in [-0.25, -0.2) is 0 Å². The van der Waals surface area contributed by atoms with Crippen LogP contribution in [0.25, 0.3) is 0 Å². The summed E-state index contributed by atoms with van der Waals surface area (Å²) in [6.45, 7) is 4.93. The summed E-state index contributed by atoms with van der Waals surface area (Å²) in [5, 5.41) is 2.94. The van der Waals surface area contributed by atoms with Crippen molar-refractivity contribution in [2.45, 2.75) is 39.5 Å². The number of hydrogen-bond acceptors (Lipinski definition) is 1. The average Bonchev–Trinajstić information content (AvgIpc) is 2.38. The minimum Gasteiger partial charge on any atom is -0.352 e. The van der Waals surface area contributed by atoms with E-state index in [2.05, 4.69) is 24.4 Å². The van der Waals surface area contributed by atoms with Crippen LogP contribution in [0.4, 0.5) is 0 Å². The van der Waals surface area contributed by atoms with E-state index in [1.165, 1.54) is 12.0 Å². The fourth-order valence-corrected chi connectivity index (χ4v) is 1.63. The van der Waals surface area contributed by atoms with Gasteiger partial charge < -0.3 is 5.32 Å². The Bertz CT molecular complexity index is 379. The van der Waals surface area contributed by atoms with Crippen molar-refractivity contribution in [3.8, 4) is 0 Å². The molecule has 2 nitrogen and oxygen atoms in total. The topological polar surface area (TPSA) is 29.1 Å². The van der Waals surface area contributed by atoms with Gasteiger partial charge in [0.25, 0.3) is 5.91 Å². The van der Waals surface area contributed by atoms with Crippen LogP contribution in [-0.2, 0) is 0 Å². The highest BCUT2D eigenvalue weighted by Gasteiger charge is 2.02. The zero-order valence-corrected chi connectivity index (χ0v) is 11.4. The number of benzene rings is 1. The zero-order chi connectivity index (χ0) is 13.2. The first kappa shape index (κ1) is 14.5. The molecule has 0 fully saturated rings. The second kappa shape index (κ2) is 8.51. The first-order valence-electron chi connectivity index (χ1n) is 6.74. The van der Waals surface area contributed by atoms with E-state index in [0.29, 0.717) is 0 Å². The van der Waals surface area contributed by atoms with Crippen LogP contribution in [0.15, 0.2) is 36.4 Å². The van der Waals surface area contributed by atoms with Gasteiger partial charge in [-0.1, -0.05) is 43.2 Å². The van der Waals surface area contributed by atoms with Gasteiger partial charge in [0.2, 0.25) is 0 Å². The van der Waals surface area contributed by atoms with Crippen LogP contribution in [0.3, 0.4) is 0 Å². The van der Waals surface area contributed by atoms with Crippen LogP contribution in [0.1, 0.15) is 48.5 Å². The summed E-state index contributed by atoms with van der Waals surface area (Å²) in [7, 11) is 0. The minimum atomic E-state index is 0.0209. The highest BCUT2D eigenvalue weighted by Crippen LogP contribution is 2.03. The number of aryl methyl sites for hydroxylation is 1. The molecule has 0 heterocycles. The Balaban J connectivity index is 2.19. The molecular weight excluding hydrogens is 222 g/mol. The molecule has 2 heteroatoms. The predicted octanol–water partition coefficient (Wildman–Crippen LogP) is 3.86. The van der Waals surface area contributed by atoms with Crippen molar-refractivity contribution in [3.63, 3.8) is 0 Å². The molecule has 1 N–H and O–H groups in total. The molecule has 0 radical (unpaired) electrons. The molecule has 0 unspecified atom stereocenters. The van der Waals surface area contributed by atoms with E-state index < -0.39 is 0 Å². The molecule has 0 saturated heterocycles. The lowest BCUT2D eigenvalue weighted by Crippen LogP contribution is -2.24. The largest absolute Gasteiger partial charge is 0.352 e. The van der Waals surface area contributed by atoms with Crippen molar-refractivity contribution >= 4 is 5.91 Å². The molecule has 18 heavy (non-hydrogen) atoms. The number of rotatable bonds is 7. The van der Waals surface area contributed by atoms with Gasteiger partial charge in [-0.05, 0) is 38.3 Å². The number of unbranched alkanes of at least 4 members (excludes halogenated alkanes) is 2. The molecule has 0 aliphatic carbocycles. The van der Waals surface area contributed by atoms with Gasteiger partial charge in [-0.15, -0.1) is 0 Å². The standard InChI is InChI=1S/C16H23NO/c1-3-4-5-6-7-8-13-17-16(18)15-11-9-14(2)10-12-15/h5-6,9-12H,3-4,7-8,13H2,1-2H3,(H,17,18)/b6-5+. The first-order valence-corrected chi connectivity index (χ1v) is 6.74. The summed E-state index contributed by atoms with van der Waals surface area (Å²) < 4.78 is 0. The average molecular weight is 245 g/mol. The number of hydrogen-bond donors (Lipinski definition) is 1. The quantitative estimate of drug-likeness (QED) is 0.573. The molecule has 0 bridgehead atoms. The molecule has 0 aliphatic heterocycles. The number of carbonyl (C=O) groups is 1. The van der Waals surface area contributed by atoms with Gasteiger partial charge in [-0.3, -0.25) is 4.79 Å². The van der Waals surface area contributed by atoms with Crippen LogP contribution in [0, 0.1) is 6.92 Å².